The van der Waals surface area contributed by atoms with E-state index in [0.29, 0.717) is 0 Å². The van der Waals surface area contributed by atoms with Crippen molar-refractivity contribution in [2.24, 2.45) is 0 Å². The van der Waals surface area contributed by atoms with Gasteiger partial charge >= 0.3 is 24.3 Å². The molecule has 0 bridgehead atoms. The van der Waals surface area contributed by atoms with E-state index in [-0.39, 0.29) is 32.6 Å². The maximum Gasteiger partial charge on any atom is 0.414 e. The molecule has 0 saturated carbocycles. The first-order valence-corrected chi connectivity index (χ1v) is 8.70. The molecule has 0 aromatic carbocycles. The van der Waals surface area contributed by atoms with Crippen LogP contribution in [0.3, 0.4) is 0 Å². The fraction of sp³-hybridized carbons (Fsp3) is 0.562. The zero-order valence-corrected chi connectivity index (χ0v) is 15.5. The minimum atomic E-state index is -4.69. The molecule has 4 N–H and O–H groups in total. The molecule has 0 aromatic rings. The minimum Gasteiger partial charge on any atom is -0.469 e. The lowest BCUT2D eigenvalue weighted by atomic mass is 9.94. The molecule has 0 aliphatic carbocycles. The quantitative estimate of drug-likeness (QED) is 0.474. The fourth-order valence-corrected chi connectivity index (χ4v) is 3.06. The Balaban J connectivity index is 2.13. The number of amides is 3. The number of allylic oxidation sites excluding steroid dienone is 2. The summed E-state index contributed by atoms with van der Waals surface area (Å²) in [5.74, 6) is -0.552. The number of carboxylic acid groups (broad SMARTS) is 1. The number of hydrazine groups is 1. The summed E-state index contributed by atoms with van der Waals surface area (Å²) in [5, 5.41) is 15.4. The third-order valence-corrected chi connectivity index (χ3v) is 4.40. The number of alkyl halides is 3. The van der Waals surface area contributed by atoms with Crippen LogP contribution >= 0.6 is 0 Å². The van der Waals surface area contributed by atoms with Crippen LogP contribution in [0.15, 0.2) is 23.9 Å². The summed E-state index contributed by atoms with van der Waals surface area (Å²) >= 11 is 0. The number of halogens is 3. The predicted molar refractivity (Wildman–Crippen MR) is 93.5 cm³/mol. The van der Waals surface area contributed by atoms with Crippen molar-refractivity contribution in [1.29, 1.82) is 0 Å². The topological polar surface area (TPSA) is 123 Å². The minimum absolute atomic E-state index is 0.0723. The molecule has 2 atom stereocenters. The largest absolute Gasteiger partial charge is 0.469 e. The van der Waals surface area contributed by atoms with Crippen molar-refractivity contribution in [2.75, 3.05) is 33.3 Å². The fourth-order valence-electron chi connectivity index (χ4n) is 3.06. The number of hydrogen-bond acceptors (Lipinski definition) is 6. The van der Waals surface area contributed by atoms with E-state index in [9.17, 15) is 27.6 Å². The number of nitrogens with one attached hydrogen (secondary N) is 3. The Morgan fingerprint density at radius 3 is 2.72 bits per heavy atom. The second-order valence-corrected chi connectivity index (χ2v) is 6.30. The lowest BCUT2D eigenvalue weighted by Gasteiger charge is -2.43. The van der Waals surface area contributed by atoms with Crippen LogP contribution in [-0.2, 0) is 9.53 Å². The van der Waals surface area contributed by atoms with Gasteiger partial charge in [0.15, 0.2) is 0 Å². The van der Waals surface area contributed by atoms with Crippen LogP contribution in [0, 0.1) is 0 Å². The van der Waals surface area contributed by atoms with Gasteiger partial charge in [-0.3, -0.25) is 9.80 Å². The Kier molecular flexibility index (Phi) is 7.31. The first-order valence-electron chi connectivity index (χ1n) is 8.70. The van der Waals surface area contributed by atoms with E-state index in [1.807, 2.05) is 0 Å². The van der Waals surface area contributed by atoms with E-state index in [2.05, 4.69) is 20.8 Å². The molecule has 0 spiro atoms. The van der Waals surface area contributed by atoms with Crippen LogP contribution in [0.4, 0.5) is 22.8 Å². The van der Waals surface area contributed by atoms with Gasteiger partial charge in [-0.1, -0.05) is 6.08 Å². The van der Waals surface area contributed by atoms with Gasteiger partial charge < -0.3 is 25.4 Å². The number of nitrogens with zero attached hydrogens (tertiary/aromatic N) is 2. The van der Waals surface area contributed by atoms with Gasteiger partial charge in [-0.25, -0.2) is 15.0 Å². The molecular weight excluding hydrogens is 399 g/mol. The van der Waals surface area contributed by atoms with Crippen molar-refractivity contribution in [3.05, 3.63) is 23.9 Å². The van der Waals surface area contributed by atoms with Crippen LogP contribution in [-0.4, -0.2) is 84.7 Å². The molecule has 2 unspecified atom stereocenters. The van der Waals surface area contributed by atoms with Crippen molar-refractivity contribution in [2.45, 2.75) is 24.7 Å². The number of carbonyl (C=O) groups excluding carboxylic acids is 2. The summed E-state index contributed by atoms with van der Waals surface area (Å²) in [6, 6.07) is -3.14. The summed E-state index contributed by atoms with van der Waals surface area (Å²) in [4.78, 5) is 35.4. The monoisotopic (exact) mass is 421 g/mol. The Bertz CT molecular complexity index is 697. The van der Waals surface area contributed by atoms with Crippen LogP contribution < -0.4 is 16.1 Å². The Morgan fingerprint density at radius 2 is 2.10 bits per heavy atom. The first kappa shape index (κ1) is 22.3. The molecule has 29 heavy (non-hydrogen) atoms. The highest BCUT2D eigenvalue weighted by molar-refractivity contribution is 5.75. The smallest absolute Gasteiger partial charge is 0.414 e. The molecule has 3 amide bonds. The van der Waals surface area contributed by atoms with Crippen molar-refractivity contribution >= 4 is 18.1 Å². The Hall–Kier alpha value is -2.96. The highest BCUT2D eigenvalue weighted by Gasteiger charge is 2.46. The van der Waals surface area contributed by atoms with Gasteiger partial charge in [0.25, 0.3) is 0 Å². The maximum atomic E-state index is 13.6. The molecule has 1 saturated heterocycles. The normalized spacial score (nSPS) is 22.0. The Labute approximate surface area is 164 Å². The van der Waals surface area contributed by atoms with Crippen molar-refractivity contribution in [3.63, 3.8) is 0 Å². The number of rotatable bonds is 5. The second kappa shape index (κ2) is 9.49. The van der Waals surface area contributed by atoms with Gasteiger partial charge in [0.05, 0.1) is 31.2 Å². The van der Waals surface area contributed by atoms with Crippen molar-refractivity contribution in [3.8, 4) is 0 Å². The molecule has 10 nitrogen and oxygen atoms in total. The number of piperazine rings is 1. The molecular formula is C16H22F3N5O5. The van der Waals surface area contributed by atoms with Crippen LogP contribution in [0.1, 0.15) is 6.42 Å². The summed E-state index contributed by atoms with van der Waals surface area (Å²) in [5.41, 5.74) is 1.37. The number of esters is 1. The van der Waals surface area contributed by atoms with Gasteiger partial charge in [-0.15, -0.1) is 0 Å². The highest BCUT2D eigenvalue weighted by Crippen LogP contribution is 2.34. The molecule has 0 radical (unpaired) electrons. The van der Waals surface area contributed by atoms with Gasteiger partial charge in [0, 0.05) is 32.4 Å². The maximum absolute atomic E-state index is 13.6. The zero-order valence-electron chi connectivity index (χ0n) is 15.5. The molecule has 0 aromatic heterocycles. The van der Waals surface area contributed by atoms with E-state index in [1.54, 1.807) is 0 Å². The van der Waals surface area contributed by atoms with E-state index >= 15 is 0 Å². The number of methoxy groups -OCH3 is 1. The average molecular weight is 421 g/mol. The SMILES string of the molecule is COC(=O)CCNC(=O)NN1C=CC=C(C(F)(F)F)C1C1CN(C(=O)O)CCN1. The third kappa shape index (κ3) is 6.01. The zero-order chi connectivity index (χ0) is 21.6. The number of ether oxygens (including phenoxy) is 1. The van der Waals surface area contributed by atoms with Gasteiger partial charge in [-0.2, -0.15) is 13.2 Å². The second-order valence-electron chi connectivity index (χ2n) is 6.30. The lowest BCUT2D eigenvalue weighted by Crippen LogP contribution is -2.64. The van der Waals surface area contributed by atoms with Gasteiger partial charge in [0.2, 0.25) is 0 Å². The third-order valence-electron chi connectivity index (χ3n) is 4.40. The van der Waals surface area contributed by atoms with E-state index in [4.69, 9.17) is 5.11 Å². The van der Waals surface area contributed by atoms with Gasteiger partial charge in [0.1, 0.15) is 0 Å². The molecule has 1 fully saturated rings. The summed E-state index contributed by atoms with van der Waals surface area (Å²) in [7, 11) is 1.19. The summed E-state index contributed by atoms with van der Waals surface area (Å²) in [6.07, 6.45) is -2.76. The predicted octanol–water partition coefficient (Wildman–Crippen LogP) is 0.402. The van der Waals surface area contributed by atoms with Gasteiger partial charge in [-0.05, 0) is 6.08 Å². The molecule has 2 heterocycles. The van der Waals surface area contributed by atoms with E-state index < -0.39 is 41.9 Å². The number of hydrogen-bond donors (Lipinski definition) is 4. The molecule has 13 heteroatoms. The lowest BCUT2D eigenvalue weighted by molar-refractivity contribution is -0.140. The van der Waals surface area contributed by atoms with E-state index in [1.165, 1.54) is 13.3 Å². The highest BCUT2D eigenvalue weighted by atomic mass is 19.4. The summed E-state index contributed by atoms with van der Waals surface area (Å²) in [6.45, 7) is 0.0446. The molecule has 2 rings (SSSR count). The number of carbonyl (C=O) groups is 3. The molecule has 2 aliphatic rings. The van der Waals surface area contributed by atoms with E-state index in [0.717, 1.165) is 22.1 Å². The summed E-state index contributed by atoms with van der Waals surface area (Å²) < 4.78 is 45.2. The van der Waals surface area contributed by atoms with Crippen LogP contribution in [0.25, 0.3) is 0 Å². The Morgan fingerprint density at radius 1 is 1.38 bits per heavy atom. The number of urea groups is 1. The molecule has 2 aliphatic heterocycles. The average Bonchev–Trinajstić information content (AvgIpc) is 2.67. The van der Waals surface area contributed by atoms with Crippen molar-refractivity contribution < 1.29 is 37.4 Å². The standard InChI is InChI=1S/C16H22F3N5O5/c1-29-12(25)4-5-21-14(26)22-24-7-2-3-10(16(17,18)19)13(24)11-9-23(15(27)28)8-6-20-11/h2-3,7,11,13,20H,4-6,8-9H2,1H3,(H,27,28)(H2,21,22,26). The molecule has 162 valence electrons. The first-order chi connectivity index (χ1) is 13.6. The van der Waals surface area contributed by atoms with Crippen molar-refractivity contribution in [1.82, 2.24) is 26.0 Å². The van der Waals surface area contributed by atoms with Crippen LogP contribution in [0.5, 0.6) is 0 Å². The van der Waals surface area contributed by atoms with Crippen LogP contribution in [0.2, 0.25) is 0 Å².